The first kappa shape index (κ1) is 17.6. The van der Waals surface area contributed by atoms with Crippen LogP contribution in [0.25, 0.3) is 0 Å². The van der Waals surface area contributed by atoms with Crippen molar-refractivity contribution in [1.29, 1.82) is 0 Å². The van der Waals surface area contributed by atoms with E-state index in [1.54, 1.807) is 41.3 Å². The average molecular weight is 361 g/mol. The fourth-order valence-electron chi connectivity index (χ4n) is 2.80. The van der Waals surface area contributed by atoms with Crippen LogP contribution < -0.4 is 0 Å². The molecular formula is C19H20FNO3S. The minimum atomic E-state index is -3.11. The van der Waals surface area contributed by atoms with Gasteiger partial charge in [0.1, 0.15) is 5.82 Å². The van der Waals surface area contributed by atoms with Gasteiger partial charge < -0.3 is 4.90 Å². The summed E-state index contributed by atoms with van der Waals surface area (Å²) in [6, 6.07) is 13.1. The van der Waals surface area contributed by atoms with Gasteiger partial charge in [-0.2, -0.15) is 0 Å². The Balaban J connectivity index is 1.77. The summed E-state index contributed by atoms with van der Waals surface area (Å²) < 4.78 is 36.1. The average Bonchev–Trinajstić information content (AvgIpc) is 3.36. The van der Waals surface area contributed by atoms with Crippen LogP contribution in [0.2, 0.25) is 0 Å². The Kier molecular flexibility index (Phi) is 4.90. The number of benzene rings is 2. The van der Waals surface area contributed by atoms with Gasteiger partial charge >= 0.3 is 0 Å². The summed E-state index contributed by atoms with van der Waals surface area (Å²) in [5.41, 5.74) is 1.93. The van der Waals surface area contributed by atoms with Crippen LogP contribution in [-0.4, -0.2) is 31.5 Å². The normalized spacial score (nSPS) is 14.3. The molecule has 0 bridgehead atoms. The molecule has 0 saturated heterocycles. The van der Waals surface area contributed by atoms with Crippen molar-refractivity contribution in [3.8, 4) is 0 Å². The summed E-state index contributed by atoms with van der Waals surface area (Å²) in [4.78, 5) is 14.6. The Bertz CT molecular complexity index is 874. The van der Waals surface area contributed by atoms with Crippen molar-refractivity contribution in [2.24, 2.45) is 0 Å². The predicted octanol–water partition coefficient (Wildman–Crippen LogP) is 3.18. The number of carbonyl (C=O) groups is 1. The second kappa shape index (κ2) is 6.96. The lowest BCUT2D eigenvalue weighted by Gasteiger charge is -2.23. The maximum atomic E-state index is 13.4. The Morgan fingerprint density at radius 2 is 1.80 bits per heavy atom. The largest absolute Gasteiger partial charge is 0.331 e. The van der Waals surface area contributed by atoms with E-state index in [-0.39, 0.29) is 23.5 Å². The molecular weight excluding hydrogens is 341 g/mol. The second-order valence-electron chi connectivity index (χ2n) is 6.56. The third-order valence-corrected chi connectivity index (χ3v) is 4.98. The van der Waals surface area contributed by atoms with Crippen LogP contribution in [0.3, 0.4) is 0 Å². The van der Waals surface area contributed by atoms with Gasteiger partial charge in [-0.15, -0.1) is 0 Å². The first-order valence-electron chi connectivity index (χ1n) is 8.14. The lowest BCUT2D eigenvalue weighted by molar-refractivity contribution is 0.0729. The van der Waals surface area contributed by atoms with E-state index in [1.807, 2.05) is 0 Å². The molecule has 4 nitrogen and oxygen atoms in total. The number of halogens is 1. The third kappa shape index (κ3) is 4.89. The monoisotopic (exact) mass is 361 g/mol. The first-order chi connectivity index (χ1) is 11.8. The molecule has 0 heterocycles. The van der Waals surface area contributed by atoms with Crippen LogP contribution >= 0.6 is 0 Å². The molecule has 0 unspecified atom stereocenters. The number of nitrogens with zero attached hydrogens (tertiary/aromatic N) is 1. The second-order valence-corrected chi connectivity index (χ2v) is 8.70. The maximum Gasteiger partial charge on any atom is 0.254 e. The highest BCUT2D eigenvalue weighted by atomic mass is 32.2. The Labute approximate surface area is 147 Å². The smallest absolute Gasteiger partial charge is 0.254 e. The van der Waals surface area contributed by atoms with Crippen LogP contribution in [0.5, 0.6) is 0 Å². The standard InChI is InChI=1S/C19H20FNO3S/c1-25(23,24)13-14-5-7-16(8-6-14)19(22)21(18-9-10-18)12-15-3-2-4-17(20)11-15/h2-8,11,18H,9-10,12-13H2,1H3. The van der Waals surface area contributed by atoms with Gasteiger partial charge in [-0.25, -0.2) is 12.8 Å². The zero-order chi connectivity index (χ0) is 18.0. The van der Waals surface area contributed by atoms with Crippen molar-refractivity contribution in [2.45, 2.75) is 31.2 Å². The molecule has 2 aromatic rings. The Morgan fingerprint density at radius 1 is 1.12 bits per heavy atom. The van der Waals surface area contributed by atoms with Crippen molar-refractivity contribution in [2.75, 3.05) is 6.26 Å². The van der Waals surface area contributed by atoms with Gasteiger partial charge in [0.15, 0.2) is 9.84 Å². The van der Waals surface area contributed by atoms with Gasteiger partial charge in [-0.3, -0.25) is 4.79 Å². The first-order valence-corrected chi connectivity index (χ1v) is 10.2. The van der Waals surface area contributed by atoms with Crippen molar-refractivity contribution in [1.82, 2.24) is 4.90 Å². The van der Waals surface area contributed by atoms with E-state index in [1.165, 1.54) is 18.4 Å². The maximum absolute atomic E-state index is 13.4. The van der Waals surface area contributed by atoms with E-state index in [0.29, 0.717) is 17.7 Å². The molecule has 25 heavy (non-hydrogen) atoms. The molecule has 0 aromatic heterocycles. The number of sulfone groups is 1. The molecule has 1 saturated carbocycles. The van der Waals surface area contributed by atoms with Gasteiger partial charge in [-0.1, -0.05) is 24.3 Å². The highest BCUT2D eigenvalue weighted by Crippen LogP contribution is 2.30. The van der Waals surface area contributed by atoms with E-state index < -0.39 is 9.84 Å². The lowest BCUT2D eigenvalue weighted by Crippen LogP contribution is -2.32. The van der Waals surface area contributed by atoms with E-state index in [4.69, 9.17) is 0 Å². The topological polar surface area (TPSA) is 54.5 Å². The highest BCUT2D eigenvalue weighted by Gasteiger charge is 2.33. The quantitative estimate of drug-likeness (QED) is 0.794. The summed E-state index contributed by atoms with van der Waals surface area (Å²) >= 11 is 0. The SMILES string of the molecule is CS(=O)(=O)Cc1ccc(C(=O)N(Cc2cccc(F)c2)C2CC2)cc1. The molecule has 1 amide bonds. The van der Waals surface area contributed by atoms with Gasteiger partial charge in [0.2, 0.25) is 0 Å². The van der Waals surface area contributed by atoms with E-state index in [9.17, 15) is 17.6 Å². The number of carbonyl (C=O) groups excluding carboxylic acids is 1. The molecule has 0 atom stereocenters. The summed E-state index contributed by atoms with van der Waals surface area (Å²) in [7, 11) is -3.11. The molecule has 1 fully saturated rings. The summed E-state index contributed by atoms with van der Waals surface area (Å²) in [6.45, 7) is 0.367. The van der Waals surface area contributed by atoms with Crippen molar-refractivity contribution < 1.29 is 17.6 Å². The van der Waals surface area contributed by atoms with Crippen LogP contribution in [0.15, 0.2) is 48.5 Å². The Morgan fingerprint density at radius 3 is 2.36 bits per heavy atom. The van der Waals surface area contributed by atoms with Crippen molar-refractivity contribution in [3.05, 3.63) is 71.0 Å². The zero-order valence-corrected chi connectivity index (χ0v) is 14.8. The summed E-state index contributed by atoms with van der Waals surface area (Å²) in [5, 5.41) is 0. The number of hydrogen-bond donors (Lipinski definition) is 0. The molecule has 2 aromatic carbocycles. The summed E-state index contributed by atoms with van der Waals surface area (Å²) in [5.74, 6) is -0.472. The minimum Gasteiger partial charge on any atom is -0.331 e. The third-order valence-electron chi connectivity index (χ3n) is 4.12. The van der Waals surface area contributed by atoms with Crippen LogP contribution in [0.4, 0.5) is 4.39 Å². The number of rotatable bonds is 6. The molecule has 0 spiro atoms. The van der Waals surface area contributed by atoms with E-state index in [2.05, 4.69) is 0 Å². The highest BCUT2D eigenvalue weighted by molar-refractivity contribution is 7.89. The van der Waals surface area contributed by atoms with Gasteiger partial charge in [0, 0.05) is 24.4 Å². The van der Waals surface area contributed by atoms with E-state index >= 15 is 0 Å². The molecule has 1 aliphatic carbocycles. The number of hydrogen-bond acceptors (Lipinski definition) is 3. The molecule has 0 N–H and O–H groups in total. The fourth-order valence-corrected chi connectivity index (χ4v) is 3.60. The summed E-state index contributed by atoms with van der Waals surface area (Å²) in [6.07, 6.45) is 3.08. The fraction of sp³-hybridized carbons (Fsp3) is 0.316. The molecule has 0 radical (unpaired) electrons. The van der Waals surface area contributed by atoms with Crippen molar-refractivity contribution >= 4 is 15.7 Å². The van der Waals surface area contributed by atoms with Crippen LogP contribution in [0, 0.1) is 5.82 Å². The minimum absolute atomic E-state index is 0.0445. The molecule has 6 heteroatoms. The van der Waals surface area contributed by atoms with Gasteiger partial charge in [0.25, 0.3) is 5.91 Å². The molecule has 1 aliphatic rings. The zero-order valence-electron chi connectivity index (χ0n) is 14.0. The lowest BCUT2D eigenvalue weighted by atomic mass is 10.1. The van der Waals surface area contributed by atoms with Crippen LogP contribution in [0.1, 0.15) is 34.3 Å². The van der Waals surface area contributed by atoms with Gasteiger partial charge in [-0.05, 0) is 48.2 Å². The Hall–Kier alpha value is -2.21. The van der Waals surface area contributed by atoms with Crippen molar-refractivity contribution in [3.63, 3.8) is 0 Å². The molecule has 0 aliphatic heterocycles. The van der Waals surface area contributed by atoms with E-state index in [0.717, 1.165) is 18.4 Å². The van der Waals surface area contributed by atoms with Gasteiger partial charge in [0.05, 0.1) is 5.75 Å². The molecule has 132 valence electrons. The number of amides is 1. The van der Waals surface area contributed by atoms with Crippen LogP contribution in [-0.2, 0) is 22.1 Å². The predicted molar refractivity (Wildman–Crippen MR) is 94.3 cm³/mol. The molecule has 3 rings (SSSR count).